The molecule has 8 heteroatoms. The van der Waals surface area contributed by atoms with Crippen LogP contribution in [0, 0.1) is 0 Å². The van der Waals surface area contributed by atoms with Gasteiger partial charge in [0.15, 0.2) is 13.2 Å². The molecule has 58 heavy (non-hydrogen) atoms. The first kappa shape index (κ1) is 44.1. The lowest BCUT2D eigenvalue weighted by Crippen LogP contribution is -2.19. The summed E-state index contributed by atoms with van der Waals surface area (Å²) in [4.78, 5) is 24.8. The van der Waals surface area contributed by atoms with E-state index >= 15 is 0 Å². The summed E-state index contributed by atoms with van der Waals surface area (Å²) in [5, 5.41) is 34.5. The molecule has 0 heterocycles. The van der Waals surface area contributed by atoms with Crippen LogP contribution in [-0.2, 0) is 61.7 Å². The number of rotatable bonds is 7. The number of esters is 1. The molecule has 8 bridgehead atoms. The molecule has 0 amide bonds. The van der Waals surface area contributed by atoms with Gasteiger partial charge in [-0.1, -0.05) is 132 Å². The fourth-order valence-electron chi connectivity index (χ4n) is 7.48. The van der Waals surface area contributed by atoms with Crippen LogP contribution in [0.4, 0.5) is 0 Å². The Kier molecular flexibility index (Phi) is 12.4. The van der Waals surface area contributed by atoms with Crippen LogP contribution in [0.5, 0.6) is 23.0 Å². The van der Waals surface area contributed by atoms with E-state index in [0.29, 0.717) is 33.8 Å². The predicted molar refractivity (Wildman–Crippen MR) is 230 cm³/mol. The number of phenols is 2. The van der Waals surface area contributed by atoms with Crippen molar-refractivity contribution in [3.8, 4) is 23.0 Å². The fourth-order valence-corrected chi connectivity index (χ4v) is 7.48. The number of carbonyl (C=O) groups is 2. The van der Waals surface area contributed by atoms with E-state index in [1.165, 1.54) is 0 Å². The maximum atomic E-state index is 12.8. The number of carbonyl (C=O) groups excluding carboxylic acids is 1. The van der Waals surface area contributed by atoms with Crippen molar-refractivity contribution < 1.29 is 39.1 Å². The zero-order valence-electron chi connectivity index (χ0n) is 37.0. The highest BCUT2D eigenvalue weighted by Gasteiger charge is 2.29. The van der Waals surface area contributed by atoms with Crippen LogP contribution in [0.3, 0.4) is 0 Å². The monoisotopic (exact) mass is 792 g/mol. The van der Waals surface area contributed by atoms with E-state index in [2.05, 4.69) is 107 Å². The number of hydrogen-bond acceptors (Lipinski definition) is 7. The molecule has 1 aliphatic rings. The average Bonchev–Trinajstić information content (AvgIpc) is 3.08. The summed E-state index contributed by atoms with van der Waals surface area (Å²) in [6.45, 7) is 26.8. The van der Waals surface area contributed by atoms with E-state index in [1.807, 2.05) is 24.3 Å². The number of carboxylic acid groups (broad SMARTS) is 1. The number of carboxylic acids is 1. The van der Waals surface area contributed by atoms with Gasteiger partial charge in [0.25, 0.3) is 0 Å². The Morgan fingerprint density at radius 2 is 0.741 bits per heavy atom. The molecular weight excluding hydrogens is 729 g/mol. The molecule has 0 saturated heterocycles. The minimum atomic E-state index is -1.10. The number of hydrogen-bond donors (Lipinski definition) is 3. The van der Waals surface area contributed by atoms with Crippen molar-refractivity contribution in [1.82, 2.24) is 0 Å². The zero-order valence-corrected chi connectivity index (χ0v) is 37.0. The molecule has 0 radical (unpaired) electrons. The second kappa shape index (κ2) is 16.3. The molecule has 4 aromatic carbocycles. The Labute approximate surface area is 345 Å². The van der Waals surface area contributed by atoms with Crippen LogP contribution in [0.25, 0.3) is 0 Å². The molecule has 0 atom stereocenters. The molecule has 5 rings (SSSR count). The second-order valence-electron chi connectivity index (χ2n) is 20.0. The number of phenolic OH excluding ortho intramolecular Hbond substituents is 2. The van der Waals surface area contributed by atoms with Crippen molar-refractivity contribution in [2.45, 2.75) is 137 Å². The third-order valence-electron chi connectivity index (χ3n) is 11.0. The molecule has 0 aliphatic heterocycles. The van der Waals surface area contributed by atoms with Gasteiger partial charge >= 0.3 is 11.9 Å². The maximum absolute atomic E-state index is 12.8. The summed E-state index contributed by atoms with van der Waals surface area (Å²) in [5.41, 5.74) is 8.77. The van der Waals surface area contributed by atoms with Crippen molar-refractivity contribution in [1.29, 1.82) is 0 Å². The molecule has 0 aromatic heterocycles. The van der Waals surface area contributed by atoms with Crippen molar-refractivity contribution >= 4 is 11.9 Å². The summed E-state index contributed by atoms with van der Waals surface area (Å²) in [6.07, 6.45) is 1.08. The third-order valence-corrected chi connectivity index (χ3v) is 11.0. The molecule has 1 aliphatic carbocycles. The largest absolute Gasteiger partial charge is 0.507 e. The molecule has 312 valence electrons. The Morgan fingerprint density at radius 3 is 0.983 bits per heavy atom. The molecule has 0 saturated carbocycles. The van der Waals surface area contributed by atoms with Gasteiger partial charge in [-0.25, -0.2) is 9.59 Å². The zero-order chi connectivity index (χ0) is 43.1. The Bertz CT molecular complexity index is 2080. The second-order valence-corrected chi connectivity index (χ2v) is 20.0. The van der Waals surface area contributed by atoms with Crippen LogP contribution in [-0.4, -0.2) is 47.1 Å². The molecule has 0 unspecified atom stereocenters. The quantitative estimate of drug-likeness (QED) is 0.139. The van der Waals surface area contributed by atoms with Crippen molar-refractivity contribution in [3.63, 3.8) is 0 Å². The number of benzene rings is 4. The maximum Gasteiger partial charge on any atom is 0.344 e. The number of aliphatic carboxylic acids is 1. The Morgan fingerprint density at radius 1 is 0.483 bits per heavy atom. The van der Waals surface area contributed by atoms with E-state index in [9.17, 15) is 24.9 Å². The average molecular weight is 793 g/mol. The summed E-state index contributed by atoms with van der Waals surface area (Å²) in [7, 11) is 0. The minimum absolute atomic E-state index is 0.128. The topological polar surface area (TPSA) is 123 Å². The number of fused-ring (bicyclic) bond motifs is 8. The highest BCUT2D eigenvalue weighted by molar-refractivity contribution is 5.71. The van der Waals surface area contributed by atoms with Crippen molar-refractivity contribution in [2.24, 2.45) is 0 Å². The highest BCUT2D eigenvalue weighted by Crippen LogP contribution is 2.43. The minimum Gasteiger partial charge on any atom is -0.507 e. The number of ether oxygens (including phenoxy) is 3. The van der Waals surface area contributed by atoms with E-state index < -0.39 is 18.5 Å². The van der Waals surface area contributed by atoms with Crippen molar-refractivity contribution in [2.75, 3.05) is 19.8 Å². The van der Waals surface area contributed by atoms with Crippen LogP contribution >= 0.6 is 0 Å². The molecule has 4 aromatic rings. The van der Waals surface area contributed by atoms with Crippen molar-refractivity contribution in [3.05, 3.63) is 115 Å². The summed E-state index contributed by atoms with van der Waals surface area (Å²) < 4.78 is 17.9. The first-order valence-corrected chi connectivity index (χ1v) is 20.4. The summed E-state index contributed by atoms with van der Waals surface area (Å²) in [6, 6.07) is 16.5. The first-order valence-electron chi connectivity index (χ1n) is 20.4. The molecule has 0 spiro atoms. The predicted octanol–water partition coefficient (Wildman–Crippen LogP) is 10.4. The van der Waals surface area contributed by atoms with Gasteiger partial charge < -0.3 is 29.5 Å². The normalized spacial score (nSPS) is 13.5. The molecule has 3 N–H and O–H groups in total. The summed E-state index contributed by atoms with van der Waals surface area (Å²) in [5.74, 6) is -0.385. The highest BCUT2D eigenvalue weighted by atomic mass is 16.6. The smallest absolute Gasteiger partial charge is 0.344 e. The van der Waals surface area contributed by atoms with Gasteiger partial charge in [-0.3, -0.25) is 0 Å². The summed E-state index contributed by atoms with van der Waals surface area (Å²) >= 11 is 0. The van der Waals surface area contributed by atoms with E-state index in [0.717, 1.165) is 44.5 Å². The SMILES string of the molecule is CCOC(=O)COc1c2cc(C(C)(C)C)cc1Cc1cc(C(C)(C)C)cc(c1O)Cc1cc(C(C)(C)C)cc(c1OCC(=O)O)Cc1cc(C(C)(C)C)cc(c1O)C2. The van der Waals surface area contributed by atoms with Gasteiger partial charge in [-0.15, -0.1) is 0 Å². The van der Waals surface area contributed by atoms with Gasteiger partial charge in [0.2, 0.25) is 0 Å². The van der Waals surface area contributed by atoms with Crippen LogP contribution in [0.1, 0.15) is 157 Å². The lowest BCUT2D eigenvalue weighted by molar-refractivity contribution is -0.145. The van der Waals surface area contributed by atoms with Gasteiger partial charge in [-0.2, -0.15) is 0 Å². The Hall–Kier alpha value is -4.98. The van der Waals surface area contributed by atoms with Gasteiger partial charge in [0, 0.05) is 25.7 Å². The number of aromatic hydroxyl groups is 2. The molecular formula is C50H64O8. The third kappa shape index (κ3) is 10.2. The Balaban J connectivity index is 1.94. The van der Waals surface area contributed by atoms with Crippen LogP contribution in [0.2, 0.25) is 0 Å². The fraction of sp³-hybridized carbons (Fsp3) is 0.480. The van der Waals surface area contributed by atoms with Crippen LogP contribution < -0.4 is 9.47 Å². The van der Waals surface area contributed by atoms with Crippen LogP contribution in [0.15, 0.2) is 48.5 Å². The lowest BCUT2D eigenvalue weighted by atomic mass is 9.79. The van der Waals surface area contributed by atoms with Gasteiger partial charge in [0.1, 0.15) is 23.0 Å². The van der Waals surface area contributed by atoms with Gasteiger partial charge in [0.05, 0.1) is 6.61 Å². The van der Waals surface area contributed by atoms with E-state index in [4.69, 9.17) is 14.2 Å². The molecule has 8 nitrogen and oxygen atoms in total. The standard InChI is InChI=1S/C50H64O8/c1-14-56-42(53)28-58-46-35-17-31-21-37(47(2,3)4)19-29(43(31)54)15-33-23-39(49(8,9)10)24-34(45(33)57-27-41(51)52)16-30-20-38(48(5,6)7)22-32(44(30)55)18-36(46)26-40(25-35)50(11,12)13/h19-26,54-55H,14-18,27-28H2,1-13H3,(H,51,52). The first-order chi connectivity index (χ1) is 26.8. The van der Waals surface area contributed by atoms with E-state index in [-0.39, 0.29) is 72.1 Å². The molecule has 0 fully saturated rings. The van der Waals surface area contributed by atoms with E-state index in [1.54, 1.807) is 6.92 Å². The van der Waals surface area contributed by atoms with Gasteiger partial charge in [-0.05, 0) is 95.3 Å². The lowest BCUT2D eigenvalue weighted by Gasteiger charge is -2.28.